The van der Waals surface area contributed by atoms with Gasteiger partial charge in [0, 0.05) is 23.7 Å². The van der Waals surface area contributed by atoms with Crippen molar-refractivity contribution in [1.29, 1.82) is 0 Å². The molecule has 0 bridgehead atoms. The number of aromatic nitrogens is 1. The Morgan fingerprint density at radius 1 is 1.17 bits per heavy atom. The molecule has 1 fully saturated rings. The molecular weight excluding hydrogens is 335 g/mol. The number of benzene rings is 1. The van der Waals surface area contributed by atoms with E-state index < -0.39 is 0 Å². The topological polar surface area (TPSA) is 46.3 Å². The molecule has 1 aromatic heterocycles. The number of piperidine rings is 1. The van der Waals surface area contributed by atoms with E-state index in [0.29, 0.717) is 21.5 Å². The zero-order valence-electron chi connectivity index (χ0n) is 13.1. The molecule has 1 aromatic carbocycles. The first-order chi connectivity index (χ1) is 11.0. The fourth-order valence-electron chi connectivity index (χ4n) is 3.12. The minimum atomic E-state index is -0.0836. The maximum Gasteiger partial charge on any atom is 0.276 e. The zero-order chi connectivity index (χ0) is 16.6. The first-order valence-corrected chi connectivity index (χ1v) is 8.47. The molecule has 0 radical (unpaired) electrons. The number of hydrogen-bond donors (Lipinski definition) is 0. The van der Waals surface area contributed by atoms with Crippen molar-refractivity contribution in [3.05, 3.63) is 40.0 Å². The Hall–Kier alpha value is -1.52. The van der Waals surface area contributed by atoms with E-state index in [4.69, 9.17) is 27.7 Å². The highest BCUT2D eigenvalue weighted by Crippen LogP contribution is 2.30. The van der Waals surface area contributed by atoms with Crippen LogP contribution in [0.15, 0.2) is 28.8 Å². The normalized spacial score (nSPS) is 21.5. The first kappa shape index (κ1) is 16.3. The molecule has 2 atom stereocenters. The quantitative estimate of drug-likeness (QED) is 0.759. The van der Waals surface area contributed by atoms with Gasteiger partial charge < -0.3 is 9.42 Å². The summed E-state index contributed by atoms with van der Waals surface area (Å²) in [6.07, 6.45) is 3.20. The highest BCUT2D eigenvalue weighted by atomic mass is 35.5. The number of carbonyl (C=O) groups excluding carboxylic acids is 1. The lowest BCUT2D eigenvalue weighted by Gasteiger charge is -2.38. The summed E-state index contributed by atoms with van der Waals surface area (Å²) in [5, 5.41) is 4.86. The van der Waals surface area contributed by atoms with Crippen molar-refractivity contribution in [2.75, 3.05) is 0 Å². The number of hydrogen-bond acceptors (Lipinski definition) is 3. The summed E-state index contributed by atoms with van der Waals surface area (Å²) in [5.74, 6) is 0.420. The fourth-order valence-corrected chi connectivity index (χ4v) is 3.41. The Morgan fingerprint density at radius 3 is 2.52 bits per heavy atom. The number of nitrogens with zero attached hydrogens (tertiary/aromatic N) is 2. The Balaban J connectivity index is 1.86. The summed E-state index contributed by atoms with van der Waals surface area (Å²) in [6, 6.07) is 7.28. The van der Waals surface area contributed by atoms with Gasteiger partial charge in [-0.15, -0.1) is 0 Å². The molecule has 1 aliphatic rings. The first-order valence-electron chi connectivity index (χ1n) is 7.72. The van der Waals surface area contributed by atoms with Crippen LogP contribution in [-0.2, 0) is 0 Å². The van der Waals surface area contributed by atoms with E-state index in [2.05, 4.69) is 19.0 Å². The Labute approximate surface area is 145 Å². The molecule has 2 heterocycles. The molecule has 2 aromatic rings. The van der Waals surface area contributed by atoms with Gasteiger partial charge in [-0.05, 0) is 51.3 Å². The molecule has 4 nitrogen and oxygen atoms in total. The molecule has 1 amide bonds. The van der Waals surface area contributed by atoms with Gasteiger partial charge in [0.15, 0.2) is 11.5 Å². The van der Waals surface area contributed by atoms with Crippen LogP contribution in [0.2, 0.25) is 10.0 Å². The highest BCUT2D eigenvalue weighted by molar-refractivity contribution is 6.42. The van der Waals surface area contributed by atoms with Gasteiger partial charge in [0.2, 0.25) is 0 Å². The van der Waals surface area contributed by atoms with Crippen molar-refractivity contribution in [3.8, 4) is 11.3 Å². The number of likely N-dealkylation sites (tertiary alicyclic amines) is 1. The second-order valence-corrected chi connectivity index (χ2v) is 6.86. The summed E-state index contributed by atoms with van der Waals surface area (Å²) >= 11 is 11.9. The Kier molecular flexibility index (Phi) is 4.64. The van der Waals surface area contributed by atoms with Crippen molar-refractivity contribution in [1.82, 2.24) is 10.1 Å². The summed E-state index contributed by atoms with van der Waals surface area (Å²) in [4.78, 5) is 14.6. The lowest BCUT2D eigenvalue weighted by Crippen LogP contribution is -2.47. The van der Waals surface area contributed by atoms with Gasteiger partial charge in [0.05, 0.1) is 10.0 Å². The third-order valence-corrected chi connectivity index (χ3v) is 5.10. The van der Waals surface area contributed by atoms with Crippen LogP contribution in [0.25, 0.3) is 11.3 Å². The second kappa shape index (κ2) is 6.54. The molecule has 0 unspecified atom stereocenters. The minimum absolute atomic E-state index is 0.0836. The summed E-state index contributed by atoms with van der Waals surface area (Å²) in [6.45, 7) is 4.15. The Bertz CT molecular complexity index is 719. The van der Waals surface area contributed by atoms with Gasteiger partial charge in [-0.3, -0.25) is 4.79 Å². The van der Waals surface area contributed by atoms with Crippen LogP contribution in [0.3, 0.4) is 0 Å². The predicted molar refractivity (Wildman–Crippen MR) is 90.9 cm³/mol. The second-order valence-electron chi connectivity index (χ2n) is 6.05. The van der Waals surface area contributed by atoms with Crippen molar-refractivity contribution in [3.63, 3.8) is 0 Å². The van der Waals surface area contributed by atoms with Crippen LogP contribution in [0, 0.1) is 0 Å². The monoisotopic (exact) mass is 352 g/mol. The van der Waals surface area contributed by atoms with Crippen molar-refractivity contribution in [2.45, 2.75) is 45.2 Å². The molecule has 1 saturated heterocycles. The minimum Gasteiger partial charge on any atom is -0.355 e. The molecule has 1 aliphatic heterocycles. The molecular formula is C17H18Cl2N2O2. The Morgan fingerprint density at radius 2 is 1.87 bits per heavy atom. The van der Waals surface area contributed by atoms with Crippen LogP contribution >= 0.6 is 23.2 Å². The number of amides is 1. The van der Waals surface area contributed by atoms with Crippen molar-refractivity contribution < 1.29 is 9.32 Å². The largest absolute Gasteiger partial charge is 0.355 e. The lowest BCUT2D eigenvalue weighted by atomic mass is 9.97. The van der Waals surface area contributed by atoms with Crippen LogP contribution in [0.1, 0.15) is 43.6 Å². The van der Waals surface area contributed by atoms with E-state index in [0.717, 1.165) is 24.8 Å². The predicted octanol–water partition coefficient (Wildman–Crippen LogP) is 5.05. The van der Waals surface area contributed by atoms with Crippen LogP contribution < -0.4 is 0 Å². The number of carbonyl (C=O) groups is 1. The molecule has 0 spiro atoms. The lowest BCUT2D eigenvalue weighted by molar-refractivity contribution is 0.0500. The summed E-state index contributed by atoms with van der Waals surface area (Å²) < 4.78 is 5.33. The van der Waals surface area contributed by atoms with Gasteiger partial charge in [-0.25, -0.2) is 0 Å². The standard InChI is InChI=1S/C17H18Cl2N2O2/c1-10-4-3-5-11(2)21(10)17(22)15-9-16(23-20-15)12-6-7-13(18)14(19)8-12/h6-11H,3-5H2,1-2H3/t10-,11-/m1/s1. The van der Waals surface area contributed by atoms with Crippen LogP contribution in [-0.4, -0.2) is 28.0 Å². The van der Waals surface area contributed by atoms with E-state index in [1.807, 2.05) is 4.90 Å². The van der Waals surface area contributed by atoms with E-state index >= 15 is 0 Å². The van der Waals surface area contributed by atoms with Crippen molar-refractivity contribution in [2.24, 2.45) is 0 Å². The van der Waals surface area contributed by atoms with E-state index in [9.17, 15) is 4.79 Å². The van der Waals surface area contributed by atoms with Crippen molar-refractivity contribution >= 4 is 29.1 Å². The average Bonchev–Trinajstić information content (AvgIpc) is 2.99. The molecule has 0 aliphatic carbocycles. The fraction of sp³-hybridized carbons (Fsp3) is 0.412. The van der Waals surface area contributed by atoms with E-state index in [-0.39, 0.29) is 18.0 Å². The molecule has 6 heteroatoms. The maximum atomic E-state index is 12.7. The third kappa shape index (κ3) is 3.24. The maximum absolute atomic E-state index is 12.7. The van der Waals surface area contributed by atoms with Gasteiger partial charge in [0.25, 0.3) is 5.91 Å². The molecule has 0 N–H and O–H groups in total. The highest BCUT2D eigenvalue weighted by Gasteiger charge is 2.31. The summed E-state index contributed by atoms with van der Waals surface area (Å²) in [5.41, 5.74) is 1.07. The van der Waals surface area contributed by atoms with Crippen LogP contribution in [0.4, 0.5) is 0 Å². The average molecular weight is 353 g/mol. The molecule has 3 rings (SSSR count). The SMILES string of the molecule is C[C@@H]1CCC[C@@H](C)N1C(=O)c1cc(-c2ccc(Cl)c(Cl)c2)on1. The molecule has 122 valence electrons. The smallest absolute Gasteiger partial charge is 0.276 e. The van der Waals surface area contributed by atoms with E-state index in [1.54, 1.807) is 24.3 Å². The van der Waals surface area contributed by atoms with Crippen LogP contribution in [0.5, 0.6) is 0 Å². The summed E-state index contributed by atoms with van der Waals surface area (Å²) in [7, 11) is 0. The molecule has 0 saturated carbocycles. The zero-order valence-corrected chi connectivity index (χ0v) is 14.6. The van der Waals surface area contributed by atoms with Gasteiger partial charge in [0.1, 0.15) is 0 Å². The number of halogens is 2. The van der Waals surface area contributed by atoms with Gasteiger partial charge in [-0.2, -0.15) is 0 Å². The van der Waals surface area contributed by atoms with E-state index in [1.165, 1.54) is 0 Å². The van der Waals surface area contributed by atoms with Gasteiger partial charge >= 0.3 is 0 Å². The number of rotatable bonds is 2. The third-order valence-electron chi connectivity index (χ3n) is 4.36. The van der Waals surface area contributed by atoms with Gasteiger partial charge in [-0.1, -0.05) is 28.4 Å². The molecule has 23 heavy (non-hydrogen) atoms.